The molecule has 0 aromatic carbocycles. The number of carbonyl (C=O) groups is 2. The molecule has 5 nitrogen and oxygen atoms in total. The van der Waals surface area contributed by atoms with E-state index in [1.165, 1.54) is 18.7 Å². The average Bonchev–Trinajstić information content (AvgIpc) is 2.52. The largest absolute Gasteiger partial charge is 0.452 e. The second kappa shape index (κ2) is 7.97. The van der Waals surface area contributed by atoms with E-state index in [0.717, 1.165) is 12.8 Å². The van der Waals surface area contributed by atoms with E-state index in [9.17, 15) is 9.59 Å². The highest BCUT2D eigenvalue weighted by molar-refractivity contribution is 6.41. The molecular weight excluding hydrogens is 339 g/mol. The first-order valence-corrected chi connectivity index (χ1v) is 8.41. The molecule has 23 heavy (non-hydrogen) atoms. The predicted molar refractivity (Wildman–Crippen MR) is 88.6 cm³/mol. The third-order valence-electron chi connectivity index (χ3n) is 4.42. The van der Waals surface area contributed by atoms with Crippen LogP contribution in [0.2, 0.25) is 10.2 Å². The fourth-order valence-electron chi connectivity index (χ4n) is 2.78. The second-order valence-corrected chi connectivity index (χ2v) is 6.78. The summed E-state index contributed by atoms with van der Waals surface area (Å²) in [6.07, 6.45) is 4.51. The first-order valence-electron chi connectivity index (χ1n) is 7.66. The topological polar surface area (TPSA) is 68.3 Å². The van der Waals surface area contributed by atoms with E-state index in [4.69, 9.17) is 27.9 Å². The zero-order valence-corrected chi connectivity index (χ0v) is 14.7. The highest BCUT2D eigenvalue weighted by atomic mass is 35.5. The minimum absolute atomic E-state index is 0.112. The van der Waals surface area contributed by atoms with Gasteiger partial charge in [-0.1, -0.05) is 49.9 Å². The van der Waals surface area contributed by atoms with Crippen LogP contribution in [0.4, 0.5) is 0 Å². The van der Waals surface area contributed by atoms with E-state index in [1.807, 2.05) is 0 Å². The quantitative estimate of drug-likeness (QED) is 0.660. The lowest BCUT2D eigenvalue weighted by molar-refractivity contribution is -0.125. The van der Waals surface area contributed by atoms with Crippen LogP contribution in [0.5, 0.6) is 0 Å². The molecule has 2 rings (SSSR count). The Morgan fingerprint density at radius 1 is 1.35 bits per heavy atom. The van der Waals surface area contributed by atoms with Gasteiger partial charge >= 0.3 is 5.97 Å². The van der Waals surface area contributed by atoms with Gasteiger partial charge in [-0.25, -0.2) is 9.78 Å². The van der Waals surface area contributed by atoms with Crippen molar-refractivity contribution in [3.8, 4) is 0 Å². The van der Waals surface area contributed by atoms with Crippen LogP contribution in [0.1, 0.15) is 43.5 Å². The van der Waals surface area contributed by atoms with Crippen LogP contribution in [0.3, 0.4) is 0 Å². The van der Waals surface area contributed by atoms with Gasteiger partial charge in [0.2, 0.25) is 0 Å². The number of nitrogens with zero attached hydrogens (tertiary/aromatic N) is 1. The van der Waals surface area contributed by atoms with E-state index in [0.29, 0.717) is 11.8 Å². The number of hydrogen-bond acceptors (Lipinski definition) is 4. The summed E-state index contributed by atoms with van der Waals surface area (Å²) in [7, 11) is 0. The molecule has 0 unspecified atom stereocenters. The number of amides is 1. The molecule has 1 aliphatic rings. The zero-order valence-electron chi connectivity index (χ0n) is 13.1. The van der Waals surface area contributed by atoms with E-state index < -0.39 is 5.97 Å². The molecule has 1 saturated carbocycles. The lowest BCUT2D eigenvalue weighted by atomic mass is 9.78. The summed E-state index contributed by atoms with van der Waals surface area (Å²) in [5.41, 5.74) is 0.159. The summed E-state index contributed by atoms with van der Waals surface area (Å²) in [6.45, 7) is 4.01. The fraction of sp³-hybridized carbons (Fsp3) is 0.562. The highest BCUT2D eigenvalue weighted by Crippen LogP contribution is 2.29. The van der Waals surface area contributed by atoms with Crippen LogP contribution in [-0.2, 0) is 9.53 Å². The minimum atomic E-state index is -0.656. The van der Waals surface area contributed by atoms with Crippen LogP contribution in [0, 0.1) is 11.8 Å². The maximum atomic E-state index is 12.0. The lowest BCUT2D eigenvalue weighted by Crippen LogP contribution is -2.45. The van der Waals surface area contributed by atoms with Crippen LogP contribution in [0.15, 0.2) is 12.3 Å². The molecule has 1 aromatic rings. The van der Waals surface area contributed by atoms with Crippen molar-refractivity contribution in [1.82, 2.24) is 10.3 Å². The van der Waals surface area contributed by atoms with Gasteiger partial charge in [0.25, 0.3) is 5.91 Å². The lowest BCUT2D eigenvalue weighted by Gasteiger charge is -2.34. The number of ether oxygens (including phenoxy) is 1. The molecular formula is C16H20Cl2N2O3. The van der Waals surface area contributed by atoms with Crippen molar-refractivity contribution in [1.29, 1.82) is 0 Å². The van der Waals surface area contributed by atoms with E-state index in [-0.39, 0.29) is 34.3 Å². The van der Waals surface area contributed by atoms with Crippen LogP contribution < -0.4 is 5.32 Å². The van der Waals surface area contributed by atoms with Crippen molar-refractivity contribution in [2.24, 2.45) is 11.8 Å². The van der Waals surface area contributed by atoms with E-state index >= 15 is 0 Å². The van der Waals surface area contributed by atoms with Crippen molar-refractivity contribution >= 4 is 35.1 Å². The van der Waals surface area contributed by atoms with E-state index in [1.54, 1.807) is 0 Å². The molecule has 7 heteroatoms. The SMILES string of the molecule is C[C@@H]1[C@@H](C)CCC[C@H]1NC(=O)COC(=O)c1cnc(Cl)c(Cl)c1. The van der Waals surface area contributed by atoms with Gasteiger partial charge in [0.15, 0.2) is 6.61 Å². The van der Waals surface area contributed by atoms with Crippen molar-refractivity contribution < 1.29 is 14.3 Å². The predicted octanol–water partition coefficient (Wildman–Crippen LogP) is 3.49. The van der Waals surface area contributed by atoms with Gasteiger partial charge in [-0.15, -0.1) is 0 Å². The van der Waals surface area contributed by atoms with Crippen molar-refractivity contribution in [2.45, 2.75) is 39.2 Å². The van der Waals surface area contributed by atoms with Crippen molar-refractivity contribution in [2.75, 3.05) is 6.61 Å². The van der Waals surface area contributed by atoms with E-state index in [2.05, 4.69) is 24.1 Å². The van der Waals surface area contributed by atoms with Crippen molar-refractivity contribution in [3.63, 3.8) is 0 Å². The molecule has 0 radical (unpaired) electrons. The molecule has 1 aromatic heterocycles. The van der Waals surface area contributed by atoms with Crippen molar-refractivity contribution in [3.05, 3.63) is 28.0 Å². The summed E-state index contributed by atoms with van der Waals surface area (Å²) in [5.74, 6) is 0.0511. The Labute approximate surface area is 145 Å². The highest BCUT2D eigenvalue weighted by Gasteiger charge is 2.28. The number of aromatic nitrogens is 1. The maximum Gasteiger partial charge on any atom is 0.340 e. The minimum Gasteiger partial charge on any atom is -0.452 e. The van der Waals surface area contributed by atoms with Crippen LogP contribution in [0.25, 0.3) is 0 Å². The first-order chi connectivity index (χ1) is 10.9. The van der Waals surface area contributed by atoms with Gasteiger partial charge in [0.05, 0.1) is 10.6 Å². The molecule has 3 atom stereocenters. The molecule has 126 valence electrons. The number of halogens is 2. The summed E-state index contributed by atoms with van der Waals surface area (Å²) in [6, 6.07) is 1.50. The molecule has 1 N–H and O–H groups in total. The summed E-state index contributed by atoms with van der Waals surface area (Å²) >= 11 is 11.5. The molecule has 1 fully saturated rings. The Bertz CT molecular complexity index is 595. The van der Waals surface area contributed by atoms with Gasteiger partial charge in [0, 0.05) is 12.2 Å². The number of pyridine rings is 1. The van der Waals surface area contributed by atoms with Crippen LogP contribution in [-0.4, -0.2) is 29.5 Å². The first kappa shape index (κ1) is 18.0. The molecule has 0 aliphatic heterocycles. The third kappa shape index (κ3) is 4.82. The molecule has 0 bridgehead atoms. The smallest absolute Gasteiger partial charge is 0.340 e. The Morgan fingerprint density at radius 2 is 2.09 bits per heavy atom. The Hall–Kier alpha value is -1.33. The molecule has 0 spiro atoms. The third-order valence-corrected chi connectivity index (χ3v) is 5.11. The van der Waals surface area contributed by atoms with Gasteiger partial charge in [-0.2, -0.15) is 0 Å². The van der Waals surface area contributed by atoms with Gasteiger partial charge in [-0.05, 0) is 24.3 Å². The zero-order chi connectivity index (χ0) is 17.0. The summed E-state index contributed by atoms with van der Waals surface area (Å²) in [4.78, 5) is 27.6. The number of esters is 1. The number of nitrogens with one attached hydrogen (secondary N) is 1. The van der Waals surface area contributed by atoms with Gasteiger partial charge in [-0.3, -0.25) is 4.79 Å². The molecule has 1 heterocycles. The standard InChI is InChI=1S/C16H20Cl2N2O3/c1-9-4-3-5-13(10(9)2)20-14(21)8-23-16(22)11-6-12(17)15(18)19-7-11/h6-7,9-10,13H,3-5,8H2,1-2H3,(H,20,21)/t9-,10+,13+/m0/s1. The van der Waals surface area contributed by atoms with Gasteiger partial charge < -0.3 is 10.1 Å². The monoisotopic (exact) mass is 358 g/mol. The molecule has 1 amide bonds. The number of hydrogen-bond donors (Lipinski definition) is 1. The Kier molecular flexibility index (Phi) is 6.25. The summed E-state index contributed by atoms with van der Waals surface area (Å²) in [5, 5.41) is 3.22. The normalized spacial score (nSPS) is 24.1. The molecule has 0 saturated heterocycles. The average molecular weight is 359 g/mol. The fourth-order valence-corrected chi connectivity index (χ4v) is 3.05. The molecule has 1 aliphatic carbocycles. The number of rotatable bonds is 4. The number of carbonyl (C=O) groups excluding carboxylic acids is 2. The Morgan fingerprint density at radius 3 is 2.78 bits per heavy atom. The Balaban J connectivity index is 1.84. The van der Waals surface area contributed by atoms with Crippen LogP contribution >= 0.6 is 23.2 Å². The van der Waals surface area contributed by atoms with Gasteiger partial charge in [0.1, 0.15) is 5.15 Å². The summed E-state index contributed by atoms with van der Waals surface area (Å²) < 4.78 is 5.00. The second-order valence-electron chi connectivity index (χ2n) is 6.01. The maximum absolute atomic E-state index is 12.0.